The summed E-state index contributed by atoms with van der Waals surface area (Å²) in [7, 11) is 0. The van der Waals surface area contributed by atoms with Crippen LogP contribution in [0.4, 0.5) is 5.69 Å². The van der Waals surface area contributed by atoms with Crippen molar-refractivity contribution in [1.29, 1.82) is 0 Å². The van der Waals surface area contributed by atoms with E-state index in [-0.39, 0.29) is 5.91 Å². The molecule has 1 saturated carbocycles. The van der Waals surface area contributed by atoms with Gasteiger partial charge in [0, 0.05) is 16.4 Å². The highest BCUT2D eigenvalue weighted by molar-refractivity contribution is 7.20. The first kappa shape index (κ1) is 14.4. The van der Waals surface area contributed by atoms with Crippen LogP contribution in [0.5, 0.6) is 0 Å². The third kappa shape index (κ3) is 3.21. The van der Waals surface area contributed by atoms with Crippen molar-refractivity contribution in [1.82, 2.24) is 5.32 Å². The molecular weight excluding hydrogens is 280 g/mol. The minimum atomic E-state index is 0.0646. The molecule has 1 heterocycles. The van der Waals surface area contributed by atoms with Gasteiger partial charge in [-0.05, 0) is 61.3 Å². The van der Waals surface area contributed by atoms with Crippen molar-refractivity contribution in [2.45, 2.75) is 45.1 Å². The second-order valence-electron chi connectivity index (χ2n) is 6.01. The van der Waals surface area contributed by atoms with Gasteiger partial charge in [-0.1, -0.05) is 13.3 Å². The number of amides is 1. The highest BCUT2D eigenvalue weighted by Crippen LogP contribution is 2.29. The molecule has 2 aromatic rings. The minimum Gasteiger partial charge on any atom is -0.399 e. The fraction of sp³-hybridized carbons (Fsp3) is 0.471. The fourth-order valence-corrected chi connectivity index (χ4v) is 4.09. The summed E-state index contributed by atoms with van der Waals surface area (Å²) in [5, 5.41) is 4.25. The van der Waals surface area contributed by atoms with Crippen molar-refractivity contribution in [2.75, 3.05) is 5.73 Å². The van der Waals surface area contributed by atoms with Gasteiger partial charge in [0.15, 0.2) is 0 Å². The third-order valence-corrected chi connectivity index (χ3v) is 5.64. The lowest BCUT2D eigenvalue weighted by Gasteiger charge is -2.28. The number of carbonyl (C=O) groups is 1. The number of thiophene rings is 1. The van der Waals surface area contributed by atoms with Crippen LogP contribution >= 0.6 is 11.3 Å². The van der Waals surface area contributed by atoms with Gasteiger partial charge in [0.2, 0.25) is 0 Å². The highest BCUT2D eigenvalue weighted by Gasteiger charge is 2.22. The van der Waals surface area contributed by atoms with Crippen LogP contribution < -0.4 is 11.1 Å². The van der Waals surface area contributed by atoms with E-state index in [1.54, 1.807) is 11.3 Å². The van der Waals surface area contributed by atoms with Gasteiger partial charge in [0.05, 0.1) is 4.88 Å². The Labute approximate surface area is 129 Å². The second kappa shape index (κ2) is 6.06. The second-order valence-corrected chi connectivity index (χ2v) is 7.09. The van der Waals surface area contributed by atoms with Gasteiger partial charge in [-0.25, -0.2) is 0 Å². The van der Waals surface area contributed by atoms with Crippen molar-refractivity contribution in [3.05, 3.63) is 29.1 Å². The predicted molar refractivity (Wildman–Crippen MR) is 89.7 cm³/mol. The van der Waals surface area contributed by atoms with Crippen LogP contribution in [0.25, 0.3) is 10.1 Å². The largest absolute Gasteiger partial charge is 0.399 e. The first-order valence-corrected chi connectivity index (χ1v) is 8.57. The van der Waals surface area contributed by atoms with Crippen molar-refractivity contribution in [2.24, 2.45) is 5.92 Å². The number of nitrogens with two attached hydrogens (primary N) is 1. The fourth-order valence-electron chi connectivity index (χ4n) is 3.15. The van der Waals surface area contributed by atoms with Crippen molar-refractivity contribution < 1.29 is 4.79 Å². The van der Waals surface area contributed by atoms with Crippen LogP contribution in [-0.2, 0) is 0 Å². The van der Waals surface area contributed by atoms with Gasteiger partial charge in [0.1, 0.15) is 0 Å². The quantitative estimate of drug-likeness (QED) is 0.836. The number of anilines is 1. The molecule has 0 spiro atoms. The molecule has 3 nitrogen and oxygen atoms in total. The summed E-state index contributed by atoms with van der Waals surface area (Å²) in [6.45, 7) is 2.26. The Bertz CT molecular complexity index is 641. The van der Waals surface area contributed by atoms with Gasteiger partial charge in [0.25, 0.3) is 5.91 Å². The minimum absolute atomic E-state index is 0.0646. The van der Waals surface area contributed by atoms with Crippen molar-refractivity contribution in [3.63, 3.8) is 0 Å². The number of fused-ring (bicyclic) bond motifs is 1. The van der Waals surface area contributed by atoms with E-state index >= 15 is 0 Å². The van der Waals surface area contributed by atoms with Gasteiger partial charge < -0.3 is 11.1 Å². The maximum Gasteiger partial charge on any atom is 0.261 e. The first-order valence-electron chi connectivity index (χ1n) is 7.75. The molecule has 3 N–H and O–H groups in total. The summed E-state index contributed by atoms with van der Waals surface area (Å²) in [6.07, 6.45) is 5.97. The van der Waals surface area contributed by atoms with Crippen molar-refractivity contribution >= 4 is 33.0 Å². The Morgan fingerprint density at radius 2 is 2.05 bits per heavy atom. The maximum atomic E-state index is 12.4. The zero-order chi connectivity index (χ0) is 14.8. The number of rotatable bonds is 3. The number of benzene rings is 1. The van der Waals surface area contributed by atoms with Crippen LogP contribution in [0.2, 0.25) is 0 Å². The number of nitrogen functional groups attached to an aromatic ring is 1. The first-order chi connectivity index (χ1) is 10.2. The predicted octanol–water partition coefficient (Wildman–Crippen LogP) is 4.18. The molecule has 4 heteroatoms. The van der Waals surface area contributed by atoms with E-state index in [1.165, 1.54) is 19.3 Å². The van der Waals surface area contributed by atoms with E-state index in [0.717, 1.165) is 39.4 Å². The molecule has 0 bridgehead atoms. The summed E-state index contributed by atoms with van der Waals surface area (Å²) in [6, 6.07) is 8.08. The molecule has 21 heavy (non-hydrogen) atoms. The molecule has 0 atom stereocenters. The smallest absolute Gasteiger partial charge is 0.261 e. The number of hydrogen-bond donors (Lipinski definition) is 2. The molecule has 0 unspecified atom stereocenters. The lowest BCUT2D eigenvalue weighted by atomic mass is 9.84. The molecular formula is C17H22N2OS. The van der Waals surface area contributed by atoms with E-state index in [0.29, 0.717) is 6.04 Å². The average Bonchev–Trinajstić information content (AvgIpc) is 2.91. The Morgan fingerprint density at radius 1 is 1.29 bits per heavy atom. The highest BCUT2D eigenvalue weighted by atomic mass is 32.1. The molecule has 1 aliphatic carbocycles. The summed E-state index contributed by atoms with van der Waals surface area (Å²) in [5.41, 5.74) is 6.53. The molecule has 0 aliphatic heterocycles. The van der Waals surface area contributed by atoms with Gasteiger partial charge in [-0.3, -0.25) is 4.79 Å². The summed E-state index contributed by atoms with van der Waals surface area (Å²) >= 11 is 1.54. The molecule has 1 aromatic carbocycles. The molecule has 112 valence electrons. The standard InChI is InChI=1S/C17H22N2OS/c1-2-11-3-6-14(7-4-11)19-17(20)16-10-12-9-13(18)5-8-15(12)21-16/h5,8-11,14H,2-4,6-7,18H2,1H3,(H,19,20). The third-order valence-electron chi connectivity index (χ3n) is 4.52. The van der Waals surface area contributed by atoms with E-state index < -0.39 is 0 Å². The van der Waals surface area contributed by atoms with E-state index in [9.17, 15) is 4.79 Å². The Balaban J connectivity index is 1.67. The topological polar surface area (TPSA) is 55.1 Å². The van der Waals surface area contributed by atoms with Crippen molar-refractivity contribution in [3.8, 4) is 0 Å². The number of carbonyl (C=O) groups excluding carboxylic acids is 1. The normalized spacial score (nSPS) is 22.3. The van der Waals surface area contributed by atoms with Crippen LogP contribution in [0.3, 0.4) is 0 Å². The SMILES string of the molecule is CCC1CCC(NC(=O)c2cc3cc(N)ccc3s2)CC1. The number of nitrogens with one attached hydrogen (secondary N) is 1. The van der Waals surface area contributed by atoms with E-state index in [2.05, 4.69) is 12.2 Å². The van der Waals surface area contributed by atoms with Crippen LogP contribution in [0.15, 0.2) is 24.3 Å². The zero-order valence-corrected chi connectivity index (χ0v) is 13.2. The Hall–Kier alpha value is -1.55. The summed E-state index contributed by atoms with van der Waals surface area (Å²) < 4.78 is 1.11. The van der Waals surface area contributed by atoms with Gasteiger partial charge in [-0.2, -0.15) is 0 Å². The molecule has 1 fully saturated rings. The zero-order valence-electron chi connectivity index (χ0n) is 12.4. The molecule has 3 rings (SSSR count). The lowest BCUT2D eigenvalue weighted by Crippen LogP contribution is -2.37. The van der Waals surface area contributed by atoms with Crippen LogP contribution in [0, 0.1) is 5.92 Å². The van der Waals surface area contributed by atoms with Gasteiger partial charge >= 0.3 is 0 Å². The Kier molecular flexibility index (Phi) is 4.15. The maximum absolute atomic E-state index is 12.4. The van der Waals surface area contributed by atoms with E-state index in [4.69, 9.17) is 5.73 Å². The van der Waals surface area contributed by atoms with Crippen LogP contribution in [-0.4, -0.2) is 11.9 Å². The van der Waals surface area contributed by atoms with Crippen LogP contribution in [0.1, 0.15) is 48.7 Å². The summed E-state index contributed by atoms with van der Waals surface area (Å²) in [5.74, 6) is 0.917. The lowest BCUT2D eigenvalue weighted by molar-refractivity contribution is 0.0926. The monoisotopic (exact) mass is 302 g/mol. The molecule has 1 amide bonds. The molecule has 1 aromatic heterocycles. The van der Waals surface area contributed by atoms with Gasteiger partial charge in [-0.15, -0.1) is 11.3 Å². The van der Waals surface area contributed by atoms with E-state index in [1.807, 2.05) is 24.3 Å². The molecule has 1 aliphatic rings. The molecule has 0 saturated heterocycles. The number of hydrogen-bond acceptors (Lipinski definition) is 3. The summed E-state index contributed by atoms with van der Waals surface area (Å²) in [4.78, 5) is 13.2. The molecule has 0 radical (unpaired) electrons. The average molecular weight is 302 g/mol. The Morgan fingerprint density at radius 3 is 2.76 bits per heavy atom.